The molecule has 6 rings (SSSR count). The van der Waals surface area contributed by atoms with Crippen LogP contribution in [0.25, 0.3) is 33.4 Å². The van der Waals surface area contributed by atoms with Crippen molar-refractivity contribution in [1.82, 2.24) is 14.8 Å². The Labute approximate surface area is 179 Å². The fourth-order valence-corrected chi connectivity index (χ4v) is 4.74. The molecular weight excluding hydrogens is 386 g/mol. The summed E-state index contributed by atoms with van der Waals surface area (Å²) in [5.41, 5.74) is 4.35. The average Bonchev–Trinajstić information content (AvgIpc) is 3.15. The number of fused-ring (bicyclic) bond motifs is 3. The number of carbonyl (C=O) groups is 1. The molecule has 0 bridgehead atoms. The number of carbonyl (C=O) groups excluding carboxylic acids is 1. The van der Waals surface area contributed by atoms with E-state index in [9.17, 15) is 10.1 Å². The van der Waals surface area contributed by atoms with Gasteiger partial charge in [-0.2, -0.15) is 10.4 Å². The van der Waals surface area contributed by atoms with Gasteiger partial charge >= 0.3 is 0 Å². The molecule has 1 spiro atoms. The first-order chi connectivity index (χ1) is 15.2. The molecule has 2 aliphatic rings. The predicted molar refractivity (Wildman–Crippen MR) is 118 cm³/mol. The quantitative estimate of drug-likeness (QED) is 0.516. The van der Waals surface area contributed by atoms with Crippen LogP contribution in [-0.4, -0.2) is 20.7 Å². The Morgan fingerprint density at radius 2 is 1.84 bits per heavy atom. The van der Waals surface area contributed by atoms with Gasteiger partial charge in [0.1, 0.15) is 23.1 Å². The lowest BCUT2D eigenvalue weighted by Crippen LogP contribution is -2.48. The third kappa shape index (κ3) is 2.67. The van der Waals surface area contributed by atoms with Crippen LogP contribution in [0.5, 0.6) is 0 Å². The molecule has 1 fully saturated rings. The summed E-state index contributed by atoms with van der Waals surface area (Å²) in [5.74, 6) is 0.488. The minimum atomic E-state index is -0.281. The average molecular weight is 405 g/mol. The zero-order valence-corrected chi connectivity index (χ0v) is 16.8. The van der Waals surface area contributed by atoms with Gasteiger partial charge in [-0.3, -0.25) is 4.79 Å². The maximum Gasteiger partial charge on any atom is 0.227 e. The number of anilines is 1. The molecule has 1 saturated carbocycles. The number of aromatic nitrogens is 3. The summed E-state index contributed by atoms with van der Waals surface area (Å²) in [5, 5.41) is 18.7. The van der Waals surface area contributed by atoms with Crippen molar-refractivity contribution in [2.45, 2.75) is 31.2 Å². The Bertz CT molecular complexity index is 1390. The van der Waals surface area contributed by atoms with Gasteiger partial charge in [-0.1, -0.05) is 48.5 Å². The normalized spacial score (nSPS) is 16.4. The third-order valence-corrected chi connectivity index (χ3v) is 6.51. The van der Waals surface area contributed by atoms with E-state index in [4.69, 9.17) is 10.1 Å². The van der Waals surface area contributed by atoms with E-state index in [1.165, 1.54) is 0 Å². The van der Waals surface area contributed by atoms with E-state index in [1.54, 1.807) is 0 Å². The third-order valence-electron chi connectivity index (χ3n) is 6.51. The van der Waals surface area contributed by atoms with Crippen LogP contribution in [0.4, 0.5) is 5.82 Å². The summed E-state index contributed by atoms with van der Waals surface area (Å²) >= 11 is 0. The molecule has 2 aromatic heterocycles. The van der Waals surface area contributed by atoms with Gasteiger partial charge in [-0.05, 0) is 31.4 Å². The van der Waals surface area contributed by atoms with E-state index in [1.807, 2.05) is 59.3 Å². The monoisotopic (exact) mass is 405 g/mol. The van der Waals surface area contributed by atoms with Crippen LogP contribution in [0.2, 0.25) is 0 Å². The highest BCUT2D eigenvalue weighted by Crippen LogP contribution is 2.48. The predicted octanol–water partition coefficient (Wildman–Crippen LogP) is 4.86. The standard InChI is InChI=1S/C25H19N5O/c26-15-19-23(29-30-24(19)28-22(31)14-25(30)11-4-12-25)18-8-7-17-9-10-20(27-21(17)13-18)16-5-2-1-3-6-16/h1-3,5-10,13H,4,11-12,14H2,(H,28,31). The number of nitrogens with one attached hydrogen (secondary N) is 1. The number of benzene rings is 2. The second kappa shape index (κ2) is 6.51. The molecule has 0 radical (unpaired) electrons. The van der Waals surface area contributed by atoms with Crippen molar-refractivity contribution in [3.8, 4) is 28.6 Å². The van der Waals surface area contributed by atoms with Gasteiger partial charge in [0.25, 0.3) is 0 Å². The Morgan fingerprint density at radius 1 is 1.03 bits per heavy atom. The van der Waals surface area contributed by atoms with Crippen LogP contribution in [0, 0.1) is 11.3 Å². The summed E-state index contributed by atoms with van der Waals surface area (Å²) in [7, 11) is 0. The molecule has 150 valence electrons. The van der Waals surface area contributed by atoms with Gasteiger partial charge in [-0.25, -0.2) is 9.67 Å². The van der Waals surface area contributed by atoms with E-state index in [0.717, 1.165) is 47.0 Å². The first-order valence-electron chi connectivity index (χ1n) is 10.5. The van der Waals surface area contributed by atoms with Crippen LogP contribution in [0.3, 0.4) is 0 Å². The molecule has 3 heterocycles. The number of hydrogen-bond donors (Lipinski definition) is 1. The summed E-state index contributed by atoms with van der Waals surface area (Å²) in [6.45, 7) is 0. The van der Waals surface area contributed by atoms with E-state index >= 15 is 0 Å². The lowest BCUT2D eigenvalue weighted by molar-refractivity contribution is -0.120. The molecular formula is C25H19N5O. The number of rotatable bonds is 2. The van der Waals surface area contributed by atoms with Crippen LogP contribution < -0.4 is 5.32 Å². The first-order valence-corrected chi connectivity index (χ1v) is 10.5. The fraction of sp³-hybridized carbons (Fsp3) is 0.200. The molecule has 4 aromatic rings. The number of pyridine rings is 1. The Morgan fingerprint density at radius 3 is 2.58 bits per heavy atom. The van der Waals surface area contributed by atoms with Crippen LogP contribution >= 0.6 is 0 Å². The highest BCUT2D eigenvalue weighted by atomic mass is 16.2. The number of hydrogen-bond acceptors (Lipinski definition) is 4. The van der Waals surface area contributed by atoms with E-state index in [2.05, 4.69) is 17.5 Å². The fourth-order valence-electron chi connectivity index (χ4n) is 4.74. The van der Waals surface area contributed by atoms with Crippen molar-refractivity contribution < 1.29 is 4.79 Å². The maximum absolute atomic E-state index is 12.3. The largest absolute Gasteiger partial charge is 0.310 e. The van der Waals surface area contributed by atoms with Crippen molar-refractivity contribution in [2.75, 3.05) is 5.32 Å². The van der Waals surface area contributed by atoms with Crippen LogP contribution in [-0.2, 0) is 10.3 Å². The molecule has 1 aliphatic carbocycles. The number of nitrogens with zero attached hydrogens (tertiary/aromatic N) is 4. The molecule has 31 heavy (non-hydrogen) atoms. The molecule has 6 heteroatoms. The van der Waals surface area contributed by atoms with Gasteiger partial charge in [0.2, 0.25) is 5.91 Å². The molecule has 2 aromatic carbocycles. The Balaban J connectivity index is 1.50. The van der Waals surface area contributed by atoms with E-state index in [0.29, 0.717) is 23.5 Å². The molecule has 0 atom stereocenters. The minimum absolute atomic E-state index is 0.0390. The van der Waals surface area contributed by atoms with Crippen molar-refractivity contribution in [3.63, 3.8) is 0 Å². The molecule has 1 aliphatic heterocycles. The second-order valence-corrected chi connectivity index (χ2v) is 8.37. The van der Waals surface area contributed by atoms with E-state index in [-0.39, 0.29) is 11.4 Å². The van der Waals surface area contributed by atoms with Crippen LogP contribution in [0.1, 0.15) is 31.2 Å². The summed E-state index contributed by atoms with van der Waals surface area (Å²) in [4.78, 5) is 17.2. The number of nitriles is 1. The molecule has 0 unspecified atom stereocenters. The molecule has 1 amide bonds. The summed E-state index contributed by atoms with van der Waals surface area (Å²) < 4.78 is 1.89. The van der Waals surface area contributed by atoms with Gasteiger partial charge in [0.05, 0.1) is 23.2 Å². The highest BCUT2D eigenvalue weighted by Gasteiger charge is 2.47. The van der Waals surface area contributed by atoms with Crippen molar-refractivity contribution in [1.29, 1.82) is 5.26 Å². The Kier molecular flexibility index (Phi) is 3.75. The smallest absolute Gasteiger partial charge is 0.227 e. The van der Waals surface area contributed by atoms with Crippen molar-refractivity contribution in [3.05, 3.63) is 66.2 Å². The molecule has 0 saturated heterocycles. The van der Waals surface area contributed by atoms with Gasteiger partial charge in [-0.15, -0.1) is 0 Å². The molecule has 1 N–H and O–H groups in total. The van der Waals surface area contributed by atoms with Gasteiger partial charge in [0, 0.05) is 16.5 Å². The topological polar surface area (TPSA) is 83.6 Å². The maximum atomic E-state index is 12.3. The second-order valence-electron chi connectivity index (χ2n) is 8.37. The highest BCUT2D eigenvalue weighted by molar-refractivity contribution is 5.96. The Hall–Kier alpha value is -3.98. The van der Waals surface area contributed by atoms with Crippen LogP contribution in [0.15, 0.2) is 60.7 Å². The minimum Gasteiger partial charge on any atom is -0.310 e. The van der Waals surface area contributed by atoms with Gasteiger partial charge < -0.3 is 5.32 Å². The SMILES string of the molecule is N#Cc1c(-c2ccc3ccc(-c4ccccc4)nc3c2)nn2c1NC(=O)CC21CCC1. The first kappa shape index (κ1) is 17.8. The molecule has 6 nitrogen and oxygen atoms in total. The van der Waals surface area contributed by atoms with Gasteiger partial charge in [0.15, 0.2) is 0 Å². The lowest BCUT2D eigenvalue weighted by atomic mass is 9.73. The van der Waals surface area contributed by atoms with Crippen molar-refractivity contribution >= 4 is 22.6 Å². The summed E-state index contributed by atoms with van der Waals surface area (Å²) in [6.07, 6.45) is 3.33. The zero-order valence-electron chi connectivity index (χ0n) is 16.8. The number of amides is 1. The zero-order chi connectivity index (χ0) is 21.0. The van der Waals surface area contributed by atoms with Crippen molar-refractivity contribution in [2.24, 2.45) is 0 Å². The lowest BCUT2D eigenvalue weighted by Gasteiger charge is -2.44. The van der Waals surface area contributed by atoms with E-state index < -0.39 is 0 Å². The summed E-state index contributed by atoms with van der Waals surface area (Å²) in [6, 6.07) is 22.4.